The van der Waals surface area contributed by atoms with Crippen molar-refractivity contribution in [1.29, 1.82) is 0 Å². The van der Waals surface area contributed by atoms with Gasteiger partial charge in [-0.2, -0.15) is 0 Å². The van der Waals surface area contributed by atoms with Crippen LogP contribution in [0.3, 0.4) is 0 Å². The molecule has 3 heteroatoms. The molecule has 1 saturated carbocycles. The van der Waals surface area contributed by atoms with Gasteiger partial charge in [-0.1, -0.05) is 25.0 Å². The number of carboxylic acids is 1. The molecule has 0 heterocycles. The first-order chi connectivity index (χ1) is 8.10. The normalized spacial score (nSPS) is 18.2. The third-order valence-electron chi connectivity index (χ3n) is 3.74. The second-order valence-electron chi connectivity index (χ2n) is 4.80. The van der Waals surface area contributed by atoms with Crippen LogP contribution < -0.4 is 0 Å². The molecule has 1 aromatic rings. The predicted octanol–water partition coefficient (Wildman–Crippen LogP) is 3.61. The van der Waals surface area contributed by atoms with Gasteiger partial charge in [0.25, 0.3) is 0 Å². The van der Waals surface area contributed by atoms with Gasteiger partial charge in [0, 0.05) is 4.90 Å². The number of hydrogen-bond donors (Lipinski definition) is 1. The lowest BCUT2D eigenvalue weighted by Gasteiger charge is -2.26. The summed E-state index contributed by atoms with van der Waals surface area (Å²) < 4.78 is 0. The van der Waals surface area contributed by atoms with Crippen molar-refractivity contribution < 1.29 is 9.90 Å². The lowest BCUT2D eigenvalue weighted by Crippen LogP contribution is -2.33. The van der Waals surface area contributed by atoms with E-state index < -0.39 is 11.4 Å². The Labute approximate surface area is 106 Å². The number of rotatable bonds is 3. The van der Waals surface area contributed by atoms with E-state index in [4.69, 9.17) is 0 Å². The summed E-state index contributed by atoms with van der Waals surface area (Å²) >= 11 is 1.65. The lowest BCUT2D eigenvalue weighted by molar-refractivity contribution is -0.143. The highest BCUT2D eigenvalue weighted by molar-refractivity contribution is 7.98. The third kappa shape index (κ3) is 2.08. The van der Waals surface area contributed by atoms with E-state index in [1.807, 2.05) is 25.3 Å². The fourth-order valence-electron chi connectivity index (χ4n) is 2.77. The summed E-state index contributed by atoms with van der Waals surface area (Å²) in [5, 5.41) is 9.60. The van der Waals surface area contributed by atoms with Crippen LogP contribution in [0.25, 0.3) is 0 Å². The van der Waals surface area contributed by atoms with Crippen molar-refractivity contribution in [2.45, 2.75) is 42.9 Å². The highest BCUT2D eigenvalue weighted by Crippen LogP contribution is 2.44. The highest BCUT2D eigenvalue weighted by Gasteiger charge is 2.44. The Hall–Kier alpha value is -0.960. The van der Waals surface area contributed by atoms with E-state index in [0.717, 1.165) is 36.1 Å². The van der Waals surface area contributed by atoms with E-state index in [1.165, 1.54) is 5.56 Å². The van der Waals surface area contributed by atoms with Gasteiger partial charge in [0.15, 0.2) is 0 Å². The summed E-state index contributed by atoms with van der Waals surface area (Å²) in [4.78, 5) is 12.8. The summed E-state index contributed by atoms with van der Waals surface area (Å²) in [7, 11) is 0. The fourth-order valence-corrected chi connectivity index (χ4v) is 3.56. The van der Waals surface area contributed by atoms with Gasteiger partial charge < -0.3 is 5.11 Å². The Morgan fingerprint density at radius 1 is 1.35 bits per heavy atom. The molecule has 1 fully saturated rings. The standard InChI is InChI=1S/C14H18O2S/c1-10-5-6-11(12(9-10)17-2)14(13(15)16)7-3-4-8-14/h5-6,9H,3-4,7-8H2,1-2H3,(H,15,16). The van der Waals surface area contributed by atoms with Crippen LogP contribution in [0.4, 0.5) is 0 Å². The maximum absolute atomic E-state index is 11.7. The predicted molar refractivity (Wildman–Crippen MR) is 70.7 cm³/mol. The molecule has 2 nitrogen and oxygen atoms in total. The molecule has 0 amide bonds. The fraction of sp³-hybridized carbons (Fsp3) is 0.500. The zero-order chi connectivity index (χ0) is 12.5. The molecule has 1 aromatic carbocycles. The van der Waals surface area contributed by atoms with Crippen LogP contribution in [0.5, 0.6) is 0 Å². The molecule has 0 radical (unpaired) electrons. The van der Waals surface area contributed by atoms with Gasteiger partial charge in [-0.3, -0.25) is 4.79 Å². The zero-order valence-corrected chi connectivity index (χ0v) is 11.1. The molecule has 92 valence electrons. The molecule has 1 aliphatic rings. The summed E-state index contributed by atoms with van der Waals surface area (Å²) in [5.41, 5.74) is 1.57. The number of carboxylic acid groups (broad SMARTS) is 1. The molecule has 0 atom stereocenters. The average molecular weight is 250 g/mol. The van der Waals surface area contributed by atoms with Crippen molar-refractivity contribution in [1.82, 2.24) is 0 Å². The van der Waals surface area contributed by atoms with E-state index in [-0.39, 0.29) is 0 Å². The van der Waals surface area contributed by atoms with Gasteiger partial charge in [0.05, 0.1) is 5.41 Å². The Morgan fingerprint density at radius 2 is 2.00 bits per heavy atom. The van der Waals surface area contributed by atoms with Gasteiger partial charge in [0.1, 0.15) is 0 Å². The van der Waals surface area contributed by atoms with Crippen LogP contribution in [-0.2, 0) is 10.2 Å². The van der Waals surface area contributed by atoms with Crippen molar-refractivity contribution in [3.8, 4) is 0 Å². The summed E-state index contributed by atoms with van der Waals surface area (Å²) in [5.74, 6) is -0.658. The van der Waals surface area contributed by atoms with Gasteiger partial charge >= 0.3 is 5.97 Å². The SMILES string of the molecule is CSc1cc(C)ccc1C1(C(=O)O)CCCC1. The van der Waals surface area contributed by atoms with Crippen molar-refractivity contribution in [3.63, 3.8) is 0 Å². The van der Waals surface area contributed by atoms with E-state index in [9.17, 15) is 9.90 Å². The molecule has 2 rings (SSSR count). The minimum Gasteiger partial charge on any atom is -0.481 e. The van der Waals surface area contributed by atoms with Gasteiger partial charge in [0.2, 0.25) is 0 Å². The van der Waals surface area contributed by atoms with Crippen molar-refractivity contribution in [2.24, 2.45) is 0 Å². The van der Waals surface area contributed by atoms with Crippen LogP contribution in [0.1, 0.15) is 36.8 Å². The van der Waals surface area contributed by atoms with Crippen molar-refractivity contribution in [3.05, 3.63) is 29.3 Å². The molecular formula is C14H18O2S. The molecule has 0 unspecified atom stereocenters. The number of hydrogen-bond acceptors (Lipinski definition) is 2. The number of aryl methyl sites for hydroxylation is 1. The molecule has 0 aromatic heterocycles. The quantitative estimate of drug-likeness (QED) is 0.833. The van der Waals surface area contributed by atoms with Crippen LogP contribution in [-0.4, -0.2) is 17.3 Å². The number of aliphatic carboxylic acids is 1. The Balaban J connectivity index is 2.54. The second-order valence-corrected chi connectivity index (χ2v) is 5.65. The molecular weight excluding hydrogens is 232 g/mol. The topological polar surface area (TPSA) is 37.3 Å². The van der Waals surface area contributed by atoms with Gasteiger partial charge in [-0.05, 0) is 43.2 Å². The Bertz CT molecular complexity index is 434. The molecule has 0 aliphatic heterocycles. The number of carbonyl (C=O) groups is 1. The second kappa shape index (κ2) is 4.73. The Morgan fingerprint density at radius 3 is 2.53 bits per heavy atom. The van der Waals surface area contributed by atoms with Crippen LogP contribution in [0, 0.1) is 6.92 Å². The third-order valence-corrected chi connectivity index (χ3v) is 4.52. The summed E-state index contributed by atoms with van der Waals surface area (Å²) in [6.07, 6.45) is 5.61. The van der Waals surface area contributed by atoms with Crippen LogP contribution in [0.15, 0.2) is 23.1 Å². The number of thioether (sulfide) groups is 1. The van der Waals surface area contributed by atoms with Crippen LogP contribution in [0.2, 0.25) is 0 Å². The van der Waals surface area contributed by atoms with Gasteiger partial charge in [-0.15, -0.1) is 11.8 Å². The summed E-state index contributed by atoms with van der Waals surface area (Å²) in [6, 6.07) is 6.14. The van der Waals surface area contributed by atoms with Crippen molar-refractivity contribution in [2.75, 3.05) is 6.26 Å². The van der Waals surface area contributed by atoms with E-state index in [0.29, 0.717) is 0 Å². The Kier molecular flexibility index (Phi) is 3.48. The molecule has 17 heavy (non-hydrogen) atoms. The van der Waals surface area contributed by atoms with E-state index in [2.05, 4.69) is 6.07 Å². The largest absolute Gasteiger partial charge is 0.481 e. The minimum atomic E-state index is -0.658. The molecule has 0 bridgehead atoms. The highest BCUT2D eigenvalue weighted by atomic mass is 32.2. The molecule has 0 saturated heterocycles. The summed E-state index contributed by atoms with van der Waals surface area (Å²) in [6.45, 7) is 2.05. The van der Waals surface area contributed by atoms with E-state index >= 15 is 0 Å². The zero-order valence-electron chi connectivity index (χ0n) is 10.3. The maximum Gasteiger partial charge on any atom is 0.314 e. The van der Waals surface area contributed by atoms with Crippen LogP contribution >= 0.6 is 11.8 Å². The smallest absolute Gasteiger partial charge is 0.314 e. The number of benzene rings is 1. The minimum absolute atomic E-state index is 0.633. The molecule has 1 N–H and O–H groups in total. The van der Waals surface area contributed by atoms with Crippen molar-refractivity contribution >= 4 is 17.7 Å². The first kappa shape index (κ1) is 12.5. The maximum atomic E-state index is 11.7. The molecule has 0 spiro atoms. The van der Waals surface area contributed by atoms with E-state index in [1.54, 1.807) is 11.8 Å². The monoisotopic (exact) mass is 250 g/mol. The molecule has 1 aliphatic carbocycles. The first-order valence-corrected chi connectivity index (χ1v) is 7.21. The average Bonchev–Trinajstić information content (AvgIpc) is 2.79. The van der Waals surface area contributed by atoms with Gasteiger partial charge in [-0.25, -0.2) is 0 Å². The first-order valence-electron chi connectivity index (χ1n) is 5.99. The lowest BCUT2D eigenvalue weighted by atomic mass is 9.78.